The molecule has 3 aliphatic rings. The molecule has 3 saturated heterocycles. The number of piperidine rings is 3. The first-order valence-corrected chi connectivity index (χ1v) is 10.3. The van der Waals surface area contributed by atoms with Gasteiger partial charge in [0.1, 0.15) is 0 Å². The van der Waals surface area contributed by atoms with E-state index in [9.17, 15) is 4.79 Å². The van der Waals surface area contributed by atoms with Gasteiger partial charge in [-0.05, 0) is 63.6 Å². The number of hydrogen-bond acceptors (Lipinski definition) is 5. The lowest BCUT2D eigenvalue weighted by atomic mass is 9.83. The van der Waals surface area contributed by atoms with Crippen molar-refractivity contribution in [2.75, 3.05) is 37.6 Å². The van der Waals surface area contributed by atoms with Gasteiger partial charge in [0.05, 0.1) is 5.92 Å². The largest absolute Gasteiger partial charge is 0.355 e. The number of anilines is 1. The molecule has 1 N–H and O–H groups in total. The fourth-order valence-corrected chi connectivity index (χ4v) is 5.02. The average molecular weight is 358 g/mol. The van der Waals surface area contributed by atoms with Crippen LogP contribution in [-0.2, 0) is 4.79 Å². The number of rotatable bonds is 4. The fourth-order valence-electron chi connectivity index (χ4n) is 5.02. The predicted octanol–water partition coefficient (Wildman–Crippen LogP) is 2.07. The topological polar surface area (TPSA) is 61.4 Å². The van der Waals surface area contributed by atoms with Crippen LogP contribution in [0.5, 0.6) is 0 Å². The summed E-state index contributed by atoms with van der Waals surface area (Å²) < 4.78 is 0. The van der Waals surface area contributed by atoms with E-state index >= 15 is 0 Å². The Morgan fingerprint density at radius 2 is 1.85 bits per heavy atom. The zero-order valence-corrected chi connectivity index (χ0v) is 15.6. The summed E-state index contributed by atoms with van der Waals surface area (Å²) in [5.41, 5.74) is 0. The minimum absolute atomic E-state index is 0.0543. The summed E-state index contributed by atoms with van der Waals surface area (Å²) in [6, 6.07) is 2.52. The highest BCUT2D eigenvalue weighted by atomic mass is 16.1. The third-order valence-corrected chi connectivity index (χ3v) is 6.39. The fraction of sp³-hybridized carbons (Fsp3) is 0.750. The van der Waals surface area contributed by atoms with Gasteiger partial charge in [-0.1, -0.05) is 6.42 Å². The number of hydrogen-bond donors (Lipinski definition) is 1. The van der Waals surface area contributed by atoms with E-state index in [1.807, 2.05) is 6.07 Å². The molecule has 0 aromatic carbocycles. The highest BCUT2D eigenvalue weighted by Crippen LogP contribution is 2.30. The maximum Gasteiger partial charge on any atom is 0.225 e. The Hall–Kier alpha value is -1.69. The van der Waals surface area contributed by atoms with Crippen molar-refractivity contribution in [1.29, 1.82) is 0 Å². The molecule has 0 bridgehead atoms. The van der Waals surface area contributed by atoms with Gasteiger partial charge >= 0.3 is 0 Å². The van der Waals surface area contributed by atoms with E-state index in [2.05, 4.69) is 25.1 Å². The minimum atomic E-state index is 0.0543. The van der Waals surface area contributed by atoms with Crippen LogP contribution in [0, 0.1) is 11.8 Å². The zero-order chi connectivity index (χ0) is 17.8. The summed E-state index contributed by atoms with van der Waals surface area (Å²) in [7, 11) is 0. The van der Waals surface area contributed by atoms with Gasteiger partial charge in [0.25, 0.3) is 0 Å². The molecule has 1 aromatic heterocycles. The third-order valence-electron chi connectivity index (χ3n) is 6.39. The summed E-state index contributed by atoms with van der Waals surface area (Å²) >= 11 is 0. The van der Waals surface area contributed by atoms with Crippen molar-refractivity contribution in [2.45, 2.75) is 51.0 Å². The van der Waals surface area contributed by atoms with E-state index in [-0.39, 0.29) is 11.8 Å². The Labute approximate surface area is 156 Å². The van der Waals surface area contributed by atoms with E-state index in [1.165, 1.54) is 45.2 Å². The Morgan fingerprint density at radius 1 is 1.04 bits per heavy atom. The Balaban J connectivity index is 1.30. The molecule has 0 aliphatic carbocycles. The number of aromatic nitrogens is 2. The van der Waals surface area contributed by atoms with Gasteiger partial charge in [0.15, 0.2) is 0 Å². The van der Waals surface area contributed by atoms with Gasteiger partial charge in [-0.25, -0.2) is 9.97 Å². The summed E-state index contributed by atoms with van der Waals surface area (Å²) in [6.07, 6.45) is 12.1. The van der Waals surface area contributed by atoms with E-state index < -0.39 is 0 Å². The van der Waals surface area contributed by atoms with Crippen molar-refractivity contribution in [2.24, 2.45) is 11.8 Å². The van der Waals surface area contributed by atoms with Crippen LogP contribution < -0.4 is 10.2 Å². The molecule has 142 valence electrons. The molecule has 0 saturated carbocycles. The Kier molecular flexibility index (Phi) is 5.68. The molecule has 1 amide bonds. The van der Waals surface area contributed by atoms with Crippen LogP contribution in [0.2, 0.25) is 0 Å². The molecular formula is C20H31N5O. The van der Waals surface area contributed by atoms with Crippen LogP contribution >= 0.6 is 0 Å². The van der Waals surface area contributed by atoms with E-state index in [0.717, 1.165) is 38.4 Å². The molecule has 6 nitrogen and oxygen atoms in total. The zero-order valence-electron chi connectivity index (χ0n) is 15.6. The first-order valence-electron chi connectivity index (χ1n) is 10.3. The quantitative estimate of drug-likeness (QED) is 0.894. The van der Waals surface area contributed by atoms with Crippen molar-refractivity contribution in [3.05, 3.63) is 18.5 Å². The van der Waals surface area contributed by atoms with Gasteiger partial charge < -0.3 is 15.1 Å². The second kappa shape index (κ2) is 8.33. The molecule has 3 atom stereocenters. The molecule has 1 unspecified atom stereocenters. The van der Waals surface area contributed by atoms with Crippen molar-refractivity contribution >= 4 is 11.9 Å². The number of nitrogens with zero attached hydrogens (tertiary/aromatic N) is 4. The molecular weight excluding hydrogens is 326 g/mol. The van der Waals surface area contributed by atoms with Crippen molar-refractivity contribution in [3.63, 3.8) is 0 Å². The SMILES string of the molecule is O=C(NC[C@@H]1CCCN2CCCC[C@H]12)C1CCCN(c2ncccn2)C1. The van der Waals surface area contributed by atoms with Crippen LogP contribution in [0.15, 0.2) is 18.5 Å². The van der Waals surface area contributed by atoms with Crippen molar-refractivity contribution in [3.8, 4) is 0 Å². The summed E-state index contributed by atoms with van der Waals surface area (Å²) in [6.45, 7) is 5.02. The maximum absolute atomic E-state index is 12.8. The first kappa shape index (κ1) is 17.7. The van der Waals surface area contributed by atoms with E-state index in [1.54, 1.807) is 12.4 Å². The number of amides is 1. The van der Waals surface area contributed by atoms with Gasteiger partial charge in [-0.2, -0.15) is 0 Å². The number of carbonyl (C=O) groups is 1. The molecule has 6 heteroatoms. The molecule has 0 spiro atoms. The smallest absolute Gasteiger partial charge is 0.225 e. The monoisotopic (exact) mass is 357 g/mol. The van der Waals surface area contributed by atoms with Gasteiger partial charge in [0.2, 0.25) is 11.9 Å². The highest BCUT2D eigenvalue weighted by Gasteiger charge is 2.34. The lowest BCUT2D eigenvalue weighted by Crippen LogP contribution is -2.52. The second-order valence-corrected chi connectivity index (χ2v) is 8.08. The normalized spacial score (nSPS) is 29.8. The Morgan fingerprint density at radius 3 is 2.73 bits per heavy atom. The molecule has 4 rings (SSSR count). The van der Waals surface area contributed by atoms with Gasteiger partial charge in [-0.15, -0.1) is 0 Å². The number of nitrogens with one attached hydrogen (secondary N) is 1. The van der Waals surface area contributed by atoms with Crippen LogP contribution in [0.3, 0.4) is 0 Å². The summed E-state index contributed by atoms with van der Waals surface area (Å²) in [5.74, 6) is 1.65. The summed E-state index contributed by atoms with van der Waals surface area (Å²) in [5, 5.41) is 3.29. The predicted molar refractivity (Wildman–Crippen MR) is 102 cm³/mol. The van der Waals surface area contributed by atoms with Crippen LogP contribution in [0.4, 0.5) is 5.95 Å². The first-order chi connectivity index (χ1) is 12.8. The van der Waals surface area contributed by atoms with Gasteiger partial charge in [-0.3, -0.25) is 4.79 Å². The minimum Gasteiger partial charge on any atom is -0.355 e. The van der Waals surface area contributed by atoms with E-state index in [0.29, 0.717) is 12.0 Å². The van der Waals surface area contributed by atoms with Crippen molar-refractivity contribution in [1.82, 2.24) is 20.2 Å². The average Bonchev–Trinajstić information content (AvgIpc) is 2.72. The standard InChI is InChI=1S/C20H31N5O/c26-19(17-7-4-13-25(15-17)20-21-9-5-10-22-20)23-14-16-6-3-12-24-11-2-1-8-18(16)24/h5,9-10,16-18H,1-4,6-8,11-15H2,(H,23,26)/t16-,17?,18+/m0/s1. The molecule has 1 aromatic rings. The molecule has 26 heavy (non-hydrogen) atoms. The number of carbonyl (C=O) groups excluding carboxylic acids is 1. The third kappa shape index (κ3) is 4.00. The maximum atomic E-state index is 12.8. The highest BCUT2D eigenvalue weighted by molar-refractivity contribution is 5.79. The van der Waals surface area contributed by atoms with E-state index in [4.69, 9.17) is 0 Å². The molecule has 4 heterocycles. The van der Waals surface area contributed by atoms with Crippen LogP contribution in [-0.4, -0.2) is 59.5 Å². The molecule has 3 aliphatic heterocycles. The summed E-state index contributed by atoms with van der Waals surface area (Å²) in [4.78, 5) is 26.3. The van der Waals surface area contributed by atoms with Crippen LogP contribution in [0.25, 0.3) is 0 Å². The lowest BCUT2D eigenvalue weighted by molar-refractivity contribution is -0.125. The lowest BCUT2D eigenvalue weighted by Gasteiger charge is -2.44. The van der Waals surface area contributed by atoms with Crippen LogP contribution in [0.1, 0.15) is 44.9 Å². The van der Waals surface area contributed by atoms with Gasteiger partial charge in [0, 0.05) is 38.1 Å². The van der Waals surface area contributed by atoms with Crippen molar-refractivity contribution < 1.29 is 4.79 Å². The Bertz CT molecular complexity index is 593. The molecule has 0 radical (unpaired) electrons. The number of fused-ring (bicyclic) bond motifs is 1. The second-order valence-electron chi connectivity index (χ2n) is 8.08. The molecule has 3 fully saturated rings.